The van der Waals surface area contributed by atoms with Crippen molar-refractivity contribution < 1.29 is 47.7 Å². The summed E-state index contributed by atoms with van der Waals surface area (Å²) in [5.41, 5.74) is 6.76. The van der Waals surface area contributed by atoms with E-state index >= 15 is 0 Å². The highest BCUT2D eigenvalue weighted by atomic mass is 28.3. The number of amides is 4. The van der Waals surface area contributed by atoms with Gasteiger partial charge in [-0.2, -0.15) is 0 Å². The molecule has 0 bridgehead atoms. The maximum atomic E-state index is 12.6. The summed E-state index contributed by atoms with van der Waals surface area (Å²) in [4.78, 5) is 64.8. The third-order valence-electron chi connectivity index (χ3n) is 9.27. The third-order valence-corrected chi connectivity index (χ3v) is 11.0. The SMILES string of the molecule is C.CC(C)(C)OC(=O)N1CC[C@@H](NC(=O)OCc2ccccc2)[C@@H](CC(=O)OCC[Si](C)(C)C)C1.CC(C)(C)OC(=O)N1CC[C@@H](NC(=O)OCc2ccccc2)[C@@H](N)C1. The fourth-order valence-corrected chi connectivity index (χ4v) is 6.87. The van der Waals surface area contributed by atoms with Crippen molar-refractivity contribution >= 4 is 38.4 Å². The Morgan fingerprint density at radius 1 is 0.683 bits per heavy atom. The third kappa shape index (κ3) is 20.4. The normalized spacial score (nSPS) is 19.2. The van der Waals surface area contributed by atoms with Crippen LogP contribution < -0.4 is 16.4 Å². The van der Waals surface area contributed by atoms with Crippen LogP contribution >= 0.6 is 0 Å². The van der Waals surface area contributed by atoms with Gasteiger partial charge >= 0.3 is 30.3 Å². The van der Waals surface area contributed by atoms with Crippen molar-refractivity contribution in [2.24, 2.45) is 11.7 Å². The molecule has 2 saturated heterocycles. The second-order valence-corrected chi connectivity index (χ2v) is 23.8. The quantitative estimate of drug-likeness (QED) is 0.114. The molecule has 2 aliphatic heterocycles. The van der Waals surface area contributed by atoms with E-state index in [1.165, 1.54) is 0 Å². The minimum Gasteiger partial charge on any atom is -0.466 e. The van der Waals surface area contributed by atoms with Crippen LogP contribution in [-0.2, 0) is 41.7 Å². The summed E-state index contributed by atoms with van der Waals surface area (Å²) in [6.45, 7) is 19.9. The van der Waals surface area contributed by atoms with Gasteiger partial charge in [0.2, 0.25) is 0 Å². The zero-order chi connectivity index (χ0) is 43.8. The summed E-state index contributed by atoms with van der Waals surface area (Å²) in [5.74, 6) is -0.622. The average molecular weight is 858 g/mol. The van der Waals surface area contributed by atoms with Crippen molar-refractivity contribution in [2.75, 3.05) is 32.8 Å². The topological polar surface area (TPSA) is 188 Å². The van der Waals surface area contributed by atoms with E-state index in [1.807, 2.05) is 102 Å². The number of nitrogens with zero attached hydrogens (tertiary/aromatic N) is 2. The van der Waals surface area contributed by atoms with Crippen molar-refractivity contribution in [1.29, 1.82) is 0 Å². The Hall–Kier alpha value is -4.83. The lowest BCUT2D eigenvalue weighted by molar-refractivity contribution is -0.145. The number of benzene rings is 2. The van der Waals surface area contributed by atoms with Gasteiger partial charge in [-0.3, -0.25) is 4.79 Å². The molecule has 0 aromatic heterocycles. The van der Waals surface area contributed by atoms with Gasteiger partial charge in [-0.15, -0.1) is 0 Å². The van der Waals surface area contributed by atoms with Crippen LogP contribution in [0.2, 0.25) is 25.7 Å². The molecule has 0 aliphatic carbocycles. The van der Waals surface area contributed by atoms with Gasteiger partial charge in [0, 0.05) is 52.3 Å². The summed E-state index contributed by atoms with van der Waals surface area (Å²) in [7, 11) is -1.32. The van der Waals surface area contributed by atoms with Gasteiger partial charge in [0.1, 0.15) is 24.4 Å². The number of hydrogen-bond acceptors (Lipinski definition) is 11. The van der Waals surface area contributed by atoms with E-state index < -0.39 is 37.6 Å². The Morgan fingerprint density at radius 3 is 1.55 bits per heavy atom. The molecular weight excluding hydrogens is 787 g/mol. The summed E-state index contributed by atoms with van der Waals surface area (Å²) < 4.78 is 26.9. The van der Waals surface area contributed by atoms with Gasteiger partial charge in [0.25, 0.3) is 0 Å². The molecule has 0 spiro atoms. The molecule has 0 radical (unpaired) electrons. The van der Waals surface area contributed by atoms with Crippen LogP contribution in [0.1, 0.15) is 79.4 Å². The largest absolute Gasteiger partial charge is 0.466 e. The Labute approximate surface area is 358 Å². The number of carbonyl (C=O) groups excluding carboxylic acids is 5. The van der Waals surface area contributed by atoms with Gasteiger partial charge in [-0.25, -0.2) is 19.2 Å². The fraction of sp³-hybridized carbons (Fsp3) is 0.614. The molecule has 16 heteroatoms. The number of ether oxygens (including phenoxy) is 5. The van der Waals surface area contributed by atoms with E-state index in [-0.39, 0.29) is 63.2 Å². The molecule has 2 fully saturated rings. The molecule has 0 saturated carbocycles. The van der Waals surface area contributed by atoms with Crippen LogP contribution in [0, 0.1) is 5.92 Å². The lowest BCUT2D eigenvalue weighted by Crippen LogP contribution is -2.59. The molecule has 4 atom stereocenters. The van der Waals surface area contributed by atoms with Crippen LogP contribution in [0.3, 0.4) is 0 Å². The zero-order valence-corrected chi connectivity index (χ0v) is 37.4. The fourth-order valence-electron chi connectivity index (χ4n) is 6.15. The first kappa shape index (κ1) is 51.3. The van der Waals surface area contributed by atoms with Crippen LogP contribution in [-0.4, -0.2) is 110 Å². The number of alkyl carbamates (subject to hydrolysis) is 2. The van der Waals surface area contributed by atoms with Crippen LogP contribution in [0.4, 0.5) is 19.2 Å². The highest BCUT2D eigenvalue weighted by Crippen LogP contribution is 2.24. The van der Waals surface area contributed by atoms with Crippen molar-refractivity contribution in [3.8, 4) is 0 Å². The van der Waals surface area contributed by atoms with E-state index in [1.54, 1.807) is 9.80 Å². The van der Waals surface area contributed by atoms with E-state index in [0.717, 1.165) is 17.2 Å². The van der Waals surface area contributed by atoms with Gasteiger partial charge in [-0.1, -0.05) is 87.7 Å². The molecule has 2 aromatic rings. The van der Waals surface area contributed by atoms with Gasteiger partial charge in [-0.05, 0) is 71.6 Å². The predicted octanol–water partition coefficient (Wildman–Crippen LogP) is 7.70. The summed E-state index contributed by atoms with van der Waals surface area (Å²) in [5, 5.41) is 5.67. The number of carbonyl (C=O) groups is 5. The first-order valence-corrected chi connectivity index (χ1v) is 24.1. The van der Waals surface area contributed by atoms with Crippen LogP contribution in [0.5, 0.6) is 0 Å². The second kappa shape index (κ2) is 23.8. The van der Waals surface area contributed by atoms with Crippen molar-refractivity contribution in [3.63, 3.8) is 0 Å². The van der Waals surface area contributed by atoms with Crippen molar-refractivity contribution in [2.45, 2.75) is 136 Å². The Kier molecular flexibility index (Phi) is 20.4. The molecule has 4 N–H and O–H groups in total. The number of nitrogens with one attached hydrogen (secondary N) is 2. The number of likely N-dealkylation sites (tertiary alicyclic amines) is 2. The van der Waals surface area contributed by atoms with E-state index in [0.29, 0.717) is 45.6 Å². The first-order chi connectivity index (χ1) is 27.6. The smallest absolute Gasteiger partial charge is 0.410 e. The molecule has 2 aliphatic rings. The molecule has 0 unspecified atom stereocenters. The van der Waals surface area contributed by atoms with Gasteiger partial charge in [0.05, 0.1) is 19.1 Å². The Balaban J connectivity index is 0.000000425. The number of esters is 1. The standard InChI is InChI=1S/C25H40N2O6Si.C18H27N3O4.CH4/c1-25(2,3)33-24(30)27-13-12-21(26-23(29)32-18-19-10-8-7-9-11-19)20(17-27)16-22(28)31-14-15-34(4,5)6;1-18(2,3)25-17(23)21-10-9-15(14(19)11-21)20-16(22)24-12-13-7-5-4-6-8-13;/h7-11,20-21H,12-18H2,1-6H3,(H,26,29);4-8,14-15H,9-12,19H2,1-3H3,(H,20,22);1H4/t20-,21+;14-,15+;/m00./s1. The maximum Gasteiger partial charge on any atom is 0.410 e. The van der Waals surface area contributed by atoms with E-state index in [2.05, 4.69) is 30.3 Å². The first-order valence-electron chi connectivity index (χ1n) is 20.4. The lowest BCUT2D eigenvalue weighted by atomic mass is 9.89. The highest BCUT2D eigenvalue weighted by molar-refractivity contribution is 6.76. The molecule has 336 valence electrons. The van der Waals surface area contributed by atoms with E-state index in [9.17, 15) is 24.0 Å². The van der Waals surface area contributed by atoms with Crippen LogP contribution in [0.25, 0.3) is 0 Å². The number of piperidine rings is 2. The van der Waals surface area contributed by atoms with Gasteiger partial charge in [0.15, 0.2) is 0 Å². The minimum absolute atomic E-state index is 0. The minimum atomic E-state index is -1.32. The maximum absolute atomic E-state index is 12.6. The summed E-state index contributed by atoms with van der Waals surface area (Å²) in [6, 6.07) is 18.8. The zero-order valence-electron chi connectivity index (χ0n) is 36.4. The number of hydrogen-bond donors (Lipinski definition) is 3. The summed E-state index contributed by atoms with van der Waals surface area (Å²) >= 11 is 0. The van der Waals surface area contributed by atoms with E-state index in [4.69, 9.17) is 29.4 Å². The molecule has 4 rings (SSSR count). The second-order valence-electron chi connectivity index (χ2n) is 18.2. The van der Waals surface area contributed by atoms with Crippen LogP contribution in [0.15, 0.2) is 60.7 Å². The summed E-state index contributed by atoms with van der Waals surface area (Å²) in [6.07, 6.45) is -0.698. The Morgan fingerprint density at radius 2 is 1.12 bits per heavy atom. The average Bonchev–Trinajstić information content (AvgIpc) is 3.14. The molecule has 2 heterocycles. The predicted molar refractivity (Wildman–Crippen MR) is 234 cm³/mol. The highest BCUT2D eigenvalue weighted by Gasteiger charge is 2.37. The molecule has 15 nitrogen and oxygen atoms in total. The number of nitrogens with two attached hydrogens (primary N) is 1. The van der Waals surface area contributed by atoms with Crippen molar-refractivity contribution in [3.05, 3.63) is 71.8 Å². The number of rotatable bonds is 11. The monoisotopic (exact) mass is 857 g/mol. The van der Waals surface area contributed by atoms with Crippen molar-refractivity contribution in [1.82, 2.24) is 20.4 Å². The molecule has 60 heavy (non-hydrogen) atoms. The molecule has 2 aromatic carbocycles. The Bertz CT molecular complexity index is 1650. The molecular formula is C44H71N5O10Si. The lowest BCUT2D eigenvalue weighted by Gasteiger charge is -2.38. The molecule has 4 amide bonds. The van der Waals surface area contributed by atoms with Gasteiger partial charge < -0.3 is 49.9 Å².